The molecule has 5 heteroatoms. The van der Waals surface area contributed by atoms with Crippen molar-refractivity contribution in [3.63, 3.8) is 0 Å². The molecular weight excluding hydrogens is 216 g/mol. The van der Waals surface area contributed by atoms with Gasteiger partial charge in [-0.1, -0.05) is 13.8 Å². The highest BCUT2D eigenvalue weighted by atomic mass is 35.5. The van der Waals surface area contributed by atoms with Crippen LogP contribution in [0.4, 0.5) is 0 Å². The number of methoxy groups -OCH3 is 1. The third-order valence-electron chi connectivity index (χ3n) is 2.96. The SMILES string of the molecule is COCC(N)C(=O)N1CC(C)C(C)C1.Cl. The van der Waals surface area contributed by atoms with Gasteiger partial charge in [-0.05, 0) is 11.8 Å². The van der Waals surface area contributed by atoms with Crippen LogP contribution in [0.2, 0.25) is 0 Å². The lowest BCUT2D eigenvalue weighted by molar-refractivity contribution is -0.132. The normalized spacial score (nSPS) is 27.3. The molecule has 1 aliphatic heterocycles. The Balaban J connectivity index is 0.00000196. The molecule has 0 saturated carbocycles. The first-order chi connectivity index (χ1) is 6.56. The van der Waals surface area contributed by atoms with Crippen molar-refractivity contribution < 1.29 is 9.53 Å². The van der Waals surface area contributed by atoms with Crippen LogP contribution in [0.3, 0.4) is 0 Å². The first kappa shape index (κ1) is 14.7. The number of hydrogen-bond donors (Lipinski definition) is 1. The summed E-state index contributed by atoms with van der Waals surface area (Å²) in [6.45, 7) is 6.30. The summed E-state index contributed by atoms with van der Waals surface area (Å²) in [6, 6.07) is -0.502. The lowest BCUT2D eigenvalue weighted by atomic mass is 10.0. The van der Waals surface area contributed by atoms with Gasteiger partial charge in [-0.15, -0.1) is 12.4 Å². The highest BCUT2D eigenvalue weighted by molar-refractivity contribution is 5.85. The standard InChI is InChI=1S/C10H20N2O2.ClH/c1-7-4-12(5-8(7)2)10(13)9(11)6-14-3;/h7-9H,4-6,11H2,1-3H3;1H. The van der Waals surface area contributed by atoms with E-state index in [0.29, 0.717) is 18.4 Å². The van der Waals surface area contributed by atoms with Crippen LogP contribution >= 0.6 is 12.4 Å². The van der Waals surface area contributed by atoms with E-state index < -0.39 is 6.04 Å². The molecule has 1 heterocycles. The van der Waals surface area contributed by atoms with Crippen LogP contribution in [0, 0.1) is 11.8 Å². The molecule has 1 rings (SSSR count). The second-order valence-electron chi connectivity index (χ2n) is 4.26. The fourth-order valence-electron chi connectivity index (χ4n) is 1.79. The number of hydrogen-bond acceptors (Lipinski definition) is 3. The Morgan fingerprint density at radius 2 is 1.93 bits per heavy atom. The second kappa shape index (κ2) is 6.30. The van der Waals surface area contributed by atoms with Gasteiger partial charge in [-0.25, -0.2) is 0 Å². The monoisotopic (exact) mass is 236 g/mol. The number of amides is 1. The van der Waals surface area contributed by atoms with Gasteiger partial charge in [0.1, 0.15) is 6.04 Å². The topological polar surface area (TPSA) is 55.6 Å². The van der Waals surface area contributed by atoms with E-state index in [-0.39, 0.29) is 18.3 Å². The maximum Gasteiger partial charge on any atom is 0.241 e. The highest BCUT2D eigenvalue weighted by Crippen LogP contribution is 2.22. The molecule has 1 aliphatic rings. The number of likely N-dealkylation sites (tertiary alicyclic amines) is 1. The van der Waals surface area contributed by atoms with Crippen molar-refractivity contribution in [3.05, 3.63) is 0 Å². The van der Waals surface area contributed by atoms with E-state index in [9.17, 15) is 4.79 Å². The zero-order valence-electron chi connectivity index (χ0n) is 9.60. The zero-order valence-corrected chi connectivity index (χ0v) is 10.4. The summed E-state index contributed by atoms with van der Waals surface area (Å²) in [4.78, 5) is 13.6. The Labute approximate surface area is 97.5 Å². The average molecular weight is 237 g/mol. The van der Waals surface area contributed by atoms with Gasteiger partial charge in [0.2, 0.25) is 5.91 Å². The summed E-state index contributed by atoms with van der Waals surface area (Å²) in [6.07, 6.45) is 0. The molecule has 0 aromatic heterocycles. The third-order valence-corrected chi connectivity index (χ3v) is 2.96. The van der Waals surface area contributed by atoms with Gasteiger partial charge in [0, 0.05) is 20.2 Å². The van der Waals surface area contributed by atoms with Crippen LogP contribution in [0.25, 0.3) is 0 Å². The first-order valence-corrected chi connectivity index (χ1v) is 5.09. The molecule has 3 unspecified atom stereocenters. The van der Waals surface area contributed by atoms with Gasteiger partial charge in [0.05, 0.1) is 6.61 Å². The van der Waals surface area contributed by atoms with E-state index in [1.807, 2.05) is 4.90 Å². The molecule has 0 aromatic carbocycles. The van der Waals surface area contributed by atoms with Gasteiger partial charge in [-0.2, -0.15) is 0 Å². The van der Waals surface area contributed by atoms with Crippen molar-refractivity contribution in [2.24, 2.45) is 17.6 Å². The molecule has 0 aliphatic carbocycles. The van der Waals surface area contributed by atoms with Crippen LogP contribution in [0.5, 0.6) is 0 Å². The van der Waals surface area contributed by atoms with E-state index in [1.165, 1.54) is 0 Å². The molecule has 0 spiro atoms. The van der Waals surface area contributed by atoms with E-state index in [4.69, 9.17) is 10.5 Å². The van der Waals surface area contributed by atoms with E-state index >= 15 is 0 Å². The molecule has 90 valence electrons. The van der Waals surface area contributed by atoms with Gasteiger partial charge in [0.25, 0.3) is 0 Å². The second-order valence-corrected chi connectivity index (χ2v) is 4.26. The molecule has 1 amide bonds. The molecule has 15 heavy (non-hydrogen) atoms. The predicted molar refractivity (Wildman–Crippen MR) is 62.0 cm³/mol. The molecule has 0 radical (unpaired) electrons. The Hall–Kier alpha value is -0.320. The molecule has 0 aromatic rings. The number of rotatable bonds is 3. The summed E-state index contributed by atoms with van der Waals surface area (Å²) in [7, 11) is 1.56. The fraction of sp³-hybridized carbons (Fsp3) is 0.900. The summed E-state index contributed by atoms with van der Waals surface area (Å²) in [5, 5.41) is 0. The van der Waals surface area contributed by atoms with Crippen LogP contribution in [0.1, 0.15) is 13.8 Å². The Kier molecular flexibility index (Phi) is 6.17. The van der Waals surface area contributed by atoms with E-state index in [0.717, 1.165) is 13.1 Å². The number of halogens is 1. The zero-order chi connectivity index (χ0) is 10.7. The number of ether oxygens (including phenoxy) is 1. The van der Waals surface area contributed by atoms with Crippen molar-refractivity contribution in [2.45, 2.75) is 19.9 Å². The van der Waals surface area contributed by atoms with Crippen molar-refractivity contribution in [1.29, 1.82) is 0 Å². The lowest BCUT2D eigenvalue weighted by Crippen LogP contribution is -2.45. The summed E-state index contributed by atoms with van der Waals surface area (Å²) >= 11 is 0. The molecule has 3 atom stereocenters. The first-order valence-electron chi connectivity index (χ1n) is 5.09. The Morgan fingerprint density at radius 1 is 1.47 bits per heavy atom. The minimum absolute atomic E-state index is 0. The fourth-order valence-corrected chi connectivity index (χ4v) is 1.79. The van der Waals surface area contributed by atoms with Gasteiger partial charge in [0.15, 0.2) is 0 Å². The lowest BCUT2D eigenvalue weighted by Gasteiger charge is -2.20. The third kappa shape index (κ3) is 3.63. The molecule has 0 bridgehead atoms. The maximum absolute atomic E-state index is 11.7. The Bertz CT molecular complexity index is 204. The van der Waals surface area contributed by atoms with Crippen LogP contribution in [-0.2, 0) is 9.53 Å². The number of nitrogens with two attached hydrogens (primary N) is 1. The molecule has 4 nitrogen and oxygen atoms in total. The van der Waals surface area contributed by atoms with Crippen molar-refractivity contribution in [3.8, 4) is 0 Å². The van der Waals surface area contributed by atoms with Crippen LogP contribution in [0.15, 0.2) is 0 Å². The van der Waals surface area contributed by atoms with Gasteiger partial charge < -0.3 is 15.4 Å². The quantitative estimate of drug-likeness (QED) is 0.776. The van der Waals surface area contributed by atoms with Crippen molar-refractivity contribution in [1.82, 2.24) is 4.90 Å². The summed E-state index contributed by atoms with van der Waals surface area (Å²) < 4.78 is 4.87. The van der Waals surface area contributed by atoms with Gasteiger partial charge >= 0.3 is 0 Å². The van der Waals surface area contributed by atoms with Crippen molar-refractivity contribution in [2.75, 3.05) is 26.8 Å². The predicted octanol–water partition coefficient (Wildman–Crippen LogP) is 0.496. The Morgan fingerprint density at radius 3 is 2.33 bits per heavy atom. The minimum Gasteiger partial charge on any atom is -0.383 e. The van der Waals surface area contributed by atoms with E-state index in [1.54, 1.807) is 7.11 Å². The summed E-state index contributed by atoms with van der Waals surface area (Å²) in [5.74, 6) is 1.17. The molecule has 1 saturated heterocycles. The minimum atomic E-state index is -0.502. The highest BCUT2D eigenvalue weighted by Gasteiger charge is 2.31. The smallest absolute Gasteiger partial charge is 0.241 e. The average Bonchev–Trinajstić information content (AvgIpc) is 2.46. The molecule has 1 fully saturated rings. The van der Waals surface area contributed by atoms with Crippen LogP contribution in [-0.4, -0.2) is 43.7 Å². The molecular formula is C10H21ClN2O2. The largest absolute Gasteiger partial charge is 0.383 e. The maximum atomic E-state index is 11.7. The number of nitrogens with zero attached hydrogens (tertiary/aromatic N) is 1. The molecule has 2 N–H and O–H groups in total. The van der Waals surface area contributed by atoms with Crippen molar-refractivity contribution >= 4 is 18.3 Å². The van der Waals surface area contributed by atoms with Gasteiger partial charge in [-0.3, -0.25) is 4.79 Å². The summed E-state index contributed by atoms with van der Waals surface area (Å²) in [5.41, 5.74) is 5.68. The number of carbonyl (C=O) groups excluding carboxylic acids is 1. The van der Waals surface area contributed by atoms with Crippen LogP contribution < -0.4 is 5.73 Å². The number of carbonyl (C=O) groups is 1. The van der Waals surface area contributed by atoms with E-state index in [2.05, 4.69) is 13.8 Å².